The van der Waals surface area contributed by atoms with Crippen LogP contribution in [-0.4, -0.2) is 48.3 Å². The van der Waals surface area contributed by atoms with Crippen LogP contribution in [0, 0.1) is 20.8 Å². The van der Waals surface area contributed by atoms with Gasteiger partial charge in [0.2, 0.25) is 0 Å². The first kappa shape index (κ1) is 21.2. The molecule has 1 aromatic carbocycles. The van der Waals surface area contributed by atoms with E-state index in [1.807, 2.05) is 4.57 Å². The molecular formula is C24H31N3O2S. The summed E-state index contributed by atoms with van der Waals surface area (Å²) < 4.78 is 7.31. The van der Waals surface area contributed by atoms with Crippen molar-refractivity contribution in [3.8, 4) is 11.1 Å². The lowest BCUT2D eigenvalue weighted by Gasteiger charge is -2.31. The predicted molar refractivity (Wildman–Crippen MR) is 125 cm³/mol. The molecule has 160 valence electrons. The van der Waals surface area contributed by atoms with Crippen LogP contribution in [0.4, 0.5) is 0 Å². The van der Waals surface area contributed by atoms with Crippen molar-refractivity contribution < 1.29 is 4.74 Å². The lowest BCUT2D eigenvalue weighted by Crippen LogP contribution is -2.37. The Morgan fingerprint density at radius 1 is 1.17 bits per heavy atom. The van der Waals surface area contributed by atoms with E-state index in [0.717, 1.165) is 58.0 Å². The molecule has 0 unspecified atom stereocenters. The van der Waals surface area contributed by atoms with Crippen molar-refractivity contribution in [1.82, 2.24) is 14.5 Å². The number of rotatable bonds is 5. The minimum absolute atomic E-state index is 0.109. The zero-order valence-corrected chi connectivity index (χ0v) is 19.4. The highest BCUT2D eigenvalue weighted by atomic mass is 32.1. The maximum absolute atomic E-state index is 13.9. The van der Waals surface area contributed by atoms with Crippen LogP contribution in [0.2, 0.25) is 0 Å². The van der Waals surface area contributed by atoms with E-state index < -0.39 is 0 Å². The van der Waals surface area contributed by atoms with Crippen LogP contribution in [0.3, 0.4) is 0 Å². The van der Waals surface area contributed by atoms with Gasteiger partial charge in [-0.15, -0.1) is 11.3 Å². The molecule has 1 saturated heterocycles. The van der Waals surface area contributed by atoms with E-state index in [9.17, 15) is 4.79 Å². The third kappa shape index (κ3) is 3.84. The topological polar surface area (TPSA) is 47.4 Å². The van der Waals surface area contributed by atoms with Gasteiger partial charge in [0.15, 0.2) is 0 Å². The molecule has 0 atom stereocenters. The highest BCUT2D eigenvalue weighted by Crippen LogP contribution is 2.37. The lowest BCUT2D eigenvalue weighted by molar-refractivity contribution is 0.191. The number of likely N-dealkylation sites (tertiary alicyclic amines) is 1. The molecule has 4 rings (SSSR count). The van der Waals surface area contributed by atoms with Crippen molar-refractivity contribution in [3.05, 3.63) is 50.4 Å². The monoisotopic (exact) mass is 425 g/mol. The van der Waals surface area contributed by atoms with E-state index in [2.05, 4.69) is 50.9 Å². The normalized spacial score (nSPS) is 15.9. The van der Waals surface area contributed by atoms with Gasteiger partial charge in [-0.1, -0.05) is 18.2 Å². The summed E-state index contributed by atoms with van der Waals surface area (Å²) in [7, 11) is 3.84. The molecule has 0 bridgehead atoms. The fourth-order valence-corrected chi connectivity index (χ4v) is 5.51. The molecular weight excluding hydrogens is 394 g/mol. The van der Waals surface area contributed by atoms with Gasteiger partial charge in [0.25, 0.3) is 5.56 Å². The average molecular weight is 426 g/mol. The Kier molecular flexibility index (Phi) is 6.09. The van der Waals surface area contributed by atoms with Crippen LogP contribution >= 0.6 is 11.3 Å². The molecule has 6 heteroatoms. The van der Waals surface area contributed by atoms with Crippen molar-refractivity contribution in [3.63, 3.8) is 0 Å². The summed E-state index contributed by atoms with van der Waals surface area (Å²) in [6, 6.07) is 6.67. The van der Waals surface area contributed by atoms with E-state index in [-0.39, 0.29) is 11.6 Å². The van der Waals surface area contributed by atoms with Gasteiger partial charge in [-0.05, 0) is 70.4 Å². The zero-order valence-electron chi connectivity index (χ0n) is 18.6. The SMILES string of the molecule is COCCc1nc2sc(C)c(-c3ccc(C)c(C)c3)c2c(=O)n1C1CCN(C)CC1. The number of hydrogen-bond donors (Lipinski definition) is 0. The number of piperidine rings is 1. The first-order chi connectivity index (χ1) is 14.4. The number of fused-ring (bicyclic) bond motifs is 1. The van der Waals surface area contributed by atoms with E-state index in [4.69, 9.17) is 9.72 Å². The molecule has 0 N–H and O–H groups in total. The second kappa shape index (κ2) is 8.61. The second-order valence-corrected chi connectivity index (χ2v) is 9.70. The Labute approximate surface area is 182 Å². The molecule has 2 aromatic heterocycles. The molecule has 0 spiro atoms. The van der Waals surface area contributed by atoms with E-state index in [1.54, 1.807) is 18.4 Å². The number of nitrogens with zero attached hydrogens (tertiary/aromatic N) is 3. The molecule has 3 aromatic rings. The number of ether oxygens (including phenoxy) is 1. The van der Waals surface area contributed by atoms with Gasteiger partial charge in [0, 0.05) is 30.0 Å². The molecule has 0 saturated carbocycles. The molecule has 0 amide bonds. The van der Waals surface area contributed by atoms with Crippen molar-refractivity contribution in [2.45, 2.75) is 46.1 Å². The number of thiophene rings is 1. The third-order valence-electron chi connectivity index (χ3n) is 6.39. The van der Waals surface area contributed by atoms with Crippen LogP contribution in [0.1, 0.15) is 40.7 Å². The fourth-order valence-electron chi connectivity index (χ4n) is 4.46. The average Bonchev–Trinajstić information content (AvgIpc) is 3.05. The number of aromatic nitrogens is 2. The number of aryl methyl sites for hydroxylation is 3. The first-order valence-corrected chi connectivity index (χ1v) is 11.5. The third-order valence-corrected chi connectivity index (χ3v) is 7.38. The molecule has 1 aliphatic heterocycles. The Hall–Kier alpha value is -2.02. The summed E-state index contributed by atoms with van der Waals surface area (Å²) in [5.41, 5.74) is 4.78. The molecule has 0 aliphatic carbocycles. The largest absolute Gasteiger partial charge is 0.384 e. The van der Waals surface area contributed by atoms with Crippen LogP contribution in [-0.2, 0) is 11.2 Å². The van der Waals surface area contributed by atoms with Crippen molar-refractivity contribution in [2.75, 3.05) is 33.9 Å². The lowest BCUT2D eigenvalue weighted by atomic mass is 9.99. The van der Waals surface area contributed by atoms with Gasteiger partial charge in [-0.2, -0.15) is 0 Å². The summed E-state index contributed by atoms with van der Waals surface area (Å²) in [4.78, 5) is 23.3. The number of methoxy groups -OCH3 is 1. The van der Waals surface area contributed by atoms with E-state index in [1.165, 1.54) is 11.1 Å². The maximum atomic E-state index is 13.9. The Balaban J connectivity index is 1.93. The Bertz CT molecular complexity index is 1120. The second-order valence-electron chi connectivity index (χ2n) is 8.49. The molecule has 3 heterocycles. The predicted octanol–water partition coefficient (Wildman–Crippen LogP) is 4.51. The van der Waals surface area contributed by atoms with E-state index >= 15 is 0 Å². The molecule has 1 aliphatic rings. The highest BCUT2D eigenvalue weighted by molar-refractivity contribution is 7.19. The van der Waals surface area contributed by atoms with Crippen LogP contribution in [0.5, 0.6) is 0 Å². The van der Waals surface area contributed by atoms with Crippen LogP contribution in [0.25, 0.3) is 21.3 Å². The van der Waals surface area contributed by atoms with Crippen LogP contribution in [0.15, 0.2) is 23.0 Å². The van der Waals surface area contributed by atoms with Gasteiger partial charge >= 0.3 is 0 Å². The van der Waals surface area contributed by atoms with Crippen molar-refractivity contribution in [1.29, 1.82) is 0 Å². The standard InChI is InChI=1S/C24H31N3O2S/c1-15-6-7-18(14-16(15)2)21-17(3)30-23-22(21)24(28)27(20(25-23)10-13-29-5)19-8-11-26(4)12-9-19/h6-7,14,19H,8-13H2,1-5H3. The van der Waals surface area contributed by atoms with Gasteiger partial charge in [-0.3, -0.25) is 9.36 Å². The summed E-state index contributed by atoms with van der Waals surface area (Å²) in [5, 5.41) is 0.779. The maximum Gasteiger partial charge on any atom is 0.263 e. The van der Waals surface area contributed by atoms with Gasteiger partial charge < -0.3 is 9.64 Å². The summed E-state index contributed by atoms with van der Waals surface area (Å²) in [6.07, 6.45) is 2.61. The summed E-state index contributed by atoms with van der Waals surface area (Å²) >= 11 is 1.63. The van der Waals surface area contributed by atoms with Crippen molar-refractivity contribution in [2.24, 2.45) is 0 Å². The minimum atomic E-state index is 0.109. The Morgan fingerprint density at radius 2 is 1.90 bits per heavy atom. The van der Waals surface area contributed by atoms with Crippen molar-refractivity contribution >= 4 is 21.6 Å². The number of hydrogen-bond acceptors (Lipinski definition) is 5. The zero-order chi connectivity index (χ0) is 21.4. The molecule has 0 radical (unpaired) electrons. The minimum Gasteiger partial charge on any atom is -0.384 e. The molecule has 30 heavy (non-hydrogen) atoms. The number of benzene rings is 1. The van der Waals surface area contributed by atoms with Crippen LogP contribution < -0.4 is 5.56 Å². The summed E-state index contributed by atoms with van der Waals surface area (Å²) in [6.45, 7) is 8.93. The van der Waals surface area contributed by atoms with Gasteiger partial charge in [0.1, 0.15) is 10.7 Å². The quantitative estimate of drug-likeness (QED) is 0.604. The first-order valence-electron chi connectivity index (χ1n) is 10.7. The smallest absolute Gasteiger partial charge is 0.263 e. The fraction of sp³-hybridized carbons (Fsp3) is 0.500. The molecule has 5 nitrogen and oxygen atoms in total. The summed E-state index contributed by atoms with van der Waals surface area (Å²) in [5.74, 6) is 0.858. The Morgan fingerprint density at radius 3 is 2.57 bits per heavy atom. The van der Waals surface area contributed by atoms with E-state index in [0.29, 0.717) is 13.0 Å². The molecule has 1 fully saturated rings. The van der Waals surface area contributed by atoms with Gasteiger partial charge in [0.05, 0.1) is 12.0 Å². The highest BCUT2D eigenvalue weighted by Gasteiger charge is 2.26. The van der Waals surface area contributed by atoms with Gasteiger partial charge in [-0.25, -0.2) is 4.98 Å².